The maximum atomic E-state index is 11.8. The van der Waals surface area contributed by atoms with Crippen LogP contribution in [0.4, 0.5) is 5.82 Å². The molecule has 2 rings (SSSR count). The Bertz CT molecular complexity index is 718. The van der Waals surface area contributed by atoms with Gasteiger partial charge in [-0.05, 0) is 6.07 Å². The molecule has 0 spiro atoms. The lowest BCUT2D eigenvalue weighted by Gasteiger charge is -2.08. The zero-order valence-electron chi connectivity index (χ0n) is 10.6. The van der Waals surface area contributed by atoms with Crippen LogP contribution < -0.4 is 16.6 Å². The molecule has 0 aliphatic carbocycles. The number of hydrogen-bond acceptors (Lipinski definition) is 5. The van der Waals surface area contributed by atoms with Gasteiger partial charge in [0.2, 0.25) is 5.82 Å². The van der Waals surface area contributed by atoms with Gasteiger partial charge in [0, 0.05) is 26.2 Å². The number of phenolic OH excluding ortho intramolecular Hbond substituents is 1. The van der Waals surface area contributed by atoms with Gasteiger partial charge in [-0.1, -0.05) is 18.2 Å². The molecule has 1 heterocycles. The Morgan fingerprint density at radius 2 is 1.95 bits per heavy atom. The number of nitrogens with zero attached hydrogens (tertiary/aromatic N) is 3. The van der Waals surface area contributed by atoms with E-state index in [0.29, 0.717) is 5.56 Å². The van der Waals surface area contributed by atoms with E-state index in [-0.39, 0.29) is 18.1 Å². The molecule has 0 aliphatic heterocycles. The fourth-order valence-corrected chi connectivity index (χ4v) is 1.65. The second-order valence-corrected chi connectivity index (χ2v) is 4.10. The monoisotopic (exact) mass is 262 g/mol. The van der Waals surface area contributed by atoms with Crippen molar-refractivity contribution in [3.63, 3.8) is 0 Å². The van der Waals surface area contributed by atoms with Crippen molar-refractivity contribution >= 4 is 5.82 Å². The third-order valence-electron chi connectivity index (χ3n) is 2.76. The molecule has 100 valence electrons. The molecule has 0 bridgehead atoms. The zero-order valence-corrected chi connectivity index (χ0v) is 10.6. The van der Waals surface area contributed by atoms with Gasteiger partial charge in [0.1, 0.15) is 5.75 Å². The Morgan fingerprint density at radius 3 is 2.63 bits per heavy atom. The van der Waals surface area contributed by atoms with Crippen molar-refractivity contribution in [1.29, 1.82) is 0 Å². The highest BCUT2D eigenvalue weighted by Gasteiger charge is 2.08. The van der Waals surface area contributed by atoms with Crippen molar-refractivity contribution < 1.29 is 5.11 Å². The molecule has 7 heteroatoms. The number of rotatable bonds is 3. The molecule has 0 saturated heterocycles. The lowest BCUT2D eigenvalue weighted by molar-refractivity contribution is 0.469. The van der Waals surface area contributed by atoms with Crippen LogP contribution in [0.1, 0.15) is 5.56 Å². The largest absolute Gasteiger partial charge is 0.508 e. The Kier molecular flexibility index (Phi) is 3.37. The van der Waals surface area contributed by atoms with Gasteiger partial charge in [-0.15, -0.1) is 5.10 Å². The molecule has 0 radical (unpaired) electrons. The smallest absolute Gasteiger partial charge is 0.346 e. The summed E-state index contributed by atoms with van der Waals surface area (Å²) >= 11 is 0. The van der Waals surface area contributed by atoms with Gasteiger partial charge in [-0.3, -0.25) is 9.36 Å². The summed E-state index contributed by atoms with van der Waals surface area (Å²) in [6.07, 6.45) is 0. The number of aryl methyl sites for hydroxylation is 1. The number of phenols is 1. The molecule has 2 aromatic rings. The van der Waals surface area contributed by atoms with E-state index in [4.69, 9.17) is 0 Å². The third-order valence-corrected chi connectivity index (χ3v) is 2.76. The maximum absolute atomic E-state index is 11.8. The minimum absolute atomic E-state index is 0.0628. The molecule has 0 aliphatic rings. The van der Waals surface area contributed by atoms with E-state index in [1.54, 1.807) is 24.3 Å². The third kappa shape index (κ3) is 2.49. The number of aromatic hydroxyl groups is 1. The summed E-state index contributed by atoms with van der Waals surface area (Å²) in [5, 5.41) is 16.3. The quantitative estimate of drug-likeness (QED) is 0.799. The number of para-hydroxylation sites is 1. The fourth-order valence-electron chi connectivity index (χ4n) is 1.65. The van der Waals surface area contributed by atoms with Crippen LogP contribution in [0.3, 0.4) is 0 Å². The van der Waals surface area contributed by atoms with Crippen molar-refractivity contribution in [2.24, 2.45) is 14.1 Å². The molecule has 0 unspecified atom stereocenters. The molecule has 1 aromatic heterocycles. The minimum atomic E-state index is -0.501. The molecule has 0 fully saturated rings. The highest BCUT2D eigenvalue weighted by Crippen LogP contribution is 2.15. The molecule has 19 heavy (non-hydrogen) atoms. The predicted molar refractivity (Wildman–Crippen MR) is 70.2 cm³/mol. The minimum Gasteiger partial charge on any atom is -0.508 e. The second-order valence-electron chi connectivity index (χ2n) is 4.10. The first-order valence-electron chi connectivity index (χ1n) is 5.66. The van der Waals surface area contributed by atoms with Gasteiger partial charge >= 0.3 is 5.69 Å². The molecule has 0 amide bonds. The van der Waals surface area contributed by atoms with E-state index in [0.717, 1.165) is 9.25 Å². The summed E-state index contributed by atoms with van der Waals surface area (Å²) in [5.74, 6) is 0.199. The lowest BCUT2D eigenvalue weighted by Crippen LogP contribution is -2.39. The summed E-state index contributed by atoms with van der Waals surface area (Å²) in [5.41, 5.74) is -0.350. The number of aromatic nitrogens is 3. The normalized spacial score (nSPS) is 10.4. The number of nitrogens with one attached hydrogen (secondary N) is 1. The van der Waals surface area contributed by atoms with Crippen LogP contribution in [0.2, 0.25) is 0 Å². The average Bonchev–Trinajstić information content (AvgIpc) is 2.40. The van der Waals surface area contributed by atoms with Crippen molar-refractivity contribution in [3.05, 3.63) is 50.7 Å². The number of benzene rings is 1. The van der Waals surface area contributed by atoms with E-state index >= 15 is 0 Å². The SMILES string of the molecule is Cn1nc(NCc2ccccc2O)c(=O)n(C)c1=O. The molecule has 1 aromatic carbocycles. The van der Waals surface area contributed by atoms with Gasteiger partial charge in [0.15, 0.2) is 0 Å². The van der Waals surface area contributed by atoms with Crippen molar-refractivity contribution in [2.75, 3.05) is 5.32 Å². The first kappa shape index (κ1) is 12.9. The van der Waals surface area contributed by atoms with E-state index in [2.05, 4.69) is 10.4 Å². The summed E-state index contributed by atoms with van der Waals surface area (Å²) < 4.78 is 2.05. The zero-order chi connectivity index (χ0) is 14.0. The highest BCUT2D eigenvalue weighted by atomic mass is 16.3. The van der Waals surface area contributed by atoms with Crippen molar-refractivity contribution in [2.45, 2.75) is 6.54 Å². The molecular formula is C12H14N4O3. The van der Waals surface area contributed by atoms with Crippen LogP contribution in [0, 0.1) is 0 Å². The van der Waals surface area contributed by atoms with Crippen LogP contribution in [0.5, 0.6) is 5.75 Å². The average molecular weight is 262 g/mol. The Morgan fingerprint density at radius 1 is 1.26 bits per heavy atom. The van der Waals surface area contributed by atoms with Gasteiger partial charge in [0.25, 0.3) is 5.56 Å². The van der Waals surface area contributed by atoms with Gasteiger partial charge < -0.3 is 10.4 Å². The van der Waals surface area contributed by atoms with Crippen molar-refractivity contribution in [1.82, 2.24) is 14.3 Å². The van der Waals surface area contributed by atoms with Gasteiger partial charge in [-0.2, -0.15) is 0 Å². The predicted octanol–water partition coefficient (Wildman–Crippen LogP) is -0.203. The van der Waals surface area contributed by atoms with E-state index in [1.807, 2.05) is 0 Å². The first-order chi connectivity index (χ1) is 9.00. The summed E-state index contributed by atoms with van der Waals surface area (Å²) in [6.45, 7) is 0.243. The molecular weight excluding hydrogens is 248 g/mol. The second kappa shape index (κ2) is 4.97. The topological polar surface area (TPSA) is 89.2 Å². The maximum Gasteiger partial charge on any atom is 0.346 e. The van der Waals surface area contributed by atoms with Crippen LogP contribution in [0.15, 0.2) is 33.9 Å². The fraction of sp³-hybridized carbons (Fsp3) is 0.250. The molecule has 0 atom stereocenters. The standard InChI is InChI=1S/C12H14N4O3/c1-15-11(18)10(14-16(2)12(15)19)13-7-8-5-3-4-6-9(8)17/h3-6,17H,7H2,1-2H3,(H,13,14). The number of anilines is 1. The highest BCUT2D eigenvalue weighted by molar-refractivity contribution is 5.37. The van der Waals surface area contributed by atoms with Crippen LogP contribution in [-0.2, 0) is 20.6 Å². The Hall–Kier alpha value is -2.57. The Balaban J connectivity index is 2.29. The van der Waals surface area contributed by atoms with E-state index in [9.17, 15) is 14.7 Å². The van der Waals surface area contributed by atoms with Crippen molar-refractivity contribution in [3.8, 4) is 5.75 Å². The van der Waals surface area contributed by atoms with Crippen LogP contribution in [0.25, 0.3) is 0 Å². The van der Waals surface area contributed by atoms with Gasteiger partial charge in [-0.25, -0.2) is 9.48 Å². The summed E-state index contributed by atoms with van der Waals surface area (Å²) in [6, 6.07) is 6.78. The Labute approximate surface area is 108 Å². The molecule has 2 N–H and O–H groups in total. The molecule has 0 saturated carbocycles. The molecule has 7 nitrogen and oxygen atoms in total. The van der Waals surface area contributed by atoms with E-state index in [1.165, 1.54) is 14.1 Å². The lowest BCUT2D eigenvalue weighted by atomic mass is 10.2. The number of hydrogen-bond donors (Lipinski definition) is 2. The summed E-state index contributed by atoms with van der Waals surface area (Å²) in [4.78, 5) is 23.3. The van der Waals surface area contributed by atoms with Gasteiger partial charge in [0.05, 0.1) is 0 Å². The van der Waals surface area contributed by atoms with Crippen LogP contribution >= 0.6 is 0 Å². The van der Waals surface area contributed by atoms with E-state index < -0.39 is 11.2 Å². The first-order valence-corrected chi connectivity index (χ1v) is 5.66. The summed E-state index contributed by atoms with van der Waals surface area (Å²) in [7, 11) is 2.85. The van der Waals surface area contributed by atoms with Crippen LogP contribution in [-0.4, -0.2) is 19.5 Å².